The monoisotopic (exact) mass is 346 g/mol. The Labute approximate surface area is 153 Å². The lowest BCUT2D eigenvalue weighted by atomic mass is 9.92. The second-order valence-electron chi connectivity index (χ2n) is 6.75. The first-order chi connectivity index (χ1) is 12.7. The first-order valence-electron chi connectivity index (χ1n) is 9.05. The van der Waals surface area contributed by atoms with E-state index in [4.69, 9.17) is 4.52 Å². The smallest absolute Gasteiger partial charge is 0.190 e. The zero-order chi connectivity index (χ0) is 18.1. The molecule has 1 aliphatic rings. The van der Waals surface area contributed by atoms with Gasteiger partial charge in [-0.1, -0.05) is 41.6 Å². The van der Waals surface area contributed by atoms with Crippen LogP contribution in [0.15, 0.2) is 40.9 Å². The van der Waals surface area contributed by atoms with Gasteiger partial charge in [0.15, 0.2) is 5.76 Å². The number of aldehydes is 1. The molecule has 1 aliphatic carbocycles. The Kier molecular flexibility index (Phi) is 4.33. The maximum Gasteiger partial charge on any atom is 0.190 e. The lowest BCUT2D eigenvalue weighted by Crippen LogP contribution is -1.97. The fraction of sp³-hybridized carbons (Fsp3) is 0.273. The molecule has 0 spiro atoms. The second-order valence-corrected chi connectivity index (χ2v) is 6.75. The SMILES string of the molecule is CNc1c(C)noc1-c1ccc(-c2ccc(CC=O)c3c2CCC3)cc1. The van der Waals surface area contributed by atoms with E-state index in [1.807, 2.05) is 14.0 Å². The number of aromatic nitrogens is 1. The van der Waals surface area contributed by atoms with Gasteiger partial charge in [0.25, 0.3) is 0 Å². The van der Waals surface area contributed by atoms with E-state index < -0.39 is 0 Å². The molecule has 2 aromatic carbocycles. The molecule has 1 aromatic heterocycles. The normalized spacial score (nSPS) is 12.8. The first kappa shape index (κ1) is 16.6. The topological polar surface area (TPSA) is 55.1 Å². The van der Waals surface area contributed by atoms with Gasteiger partial charge in [0.05, 0.1) is 0 Å². The van der Waals surface area contributed by atoms with E-state index in [0.29, 0.717) is 6.42 Å². The van der Waals surface area contributed by atoms with Crippen LogP contribution in [0.2, 0.25) is 0 Å². The molecule has 1 heterocycles. The number of carbonyl (C=O) groups excluding carboxylic acids is 1. The molecule has 0 bridgehead atoms. The molecule has 1 N–H and O–H groups in total. The molecule has 0 radical (unpaired) electrons. The summed E-state index contributed by atoms with van der Waals surface area (Å²) in [6, 6.07) is 12.7. The molecule has 0 unspecified atom stereocenters. The zero-order valence-electron chi connectivity index (χ0n) is 15.1. The number of nitrogens with one attached hydrogen (secondary N) is 1. The standard InChI is InChI=1S/C22H22N2O2/c1-14-21(23-2)22(26-24-14)17-8-6-15(7-9-17)19-11-10-16(12-13-25)18-4-3-5-20(18)19/h6-11,13,23H,3-5,12H2,1-2H3. The minimum Gasteiger partial charge on any atom is -0.383 e. The number of anilines is 1. The predicted molar refractivity (Wildman–Crippen MR) is 103 cm³/mol. The third-order valence-corrected chi connectivity index (χ3v) is 5.26. The zero-order valence-corrected chi connectivity index (χ0v) is 15.1. The van der Waals surface area contributed by atoms with E-state index in [1.54, 1.807) is 0 Å². The number of hydrogen-bond acceptors (Lipinski definition) is 4. The van der Waals surface area contributed by atoms with Crippen molar-refractivity contribution in [2.24, 2.45) is 0 Å². The van der Waals surface area contributed by atoms with Crippen molar-refractivity contribution in [1.29, 1.82) is 0 Å². The molecule has 4 rings (SSSR count). The molecule has 4 nitrogen and oxygen atoms in total. The van der Waals surface area contributed by atoms with E-state index >= 15 is 0 Å². The quantitative estimate of drug-likeness (QED) is 0.687. The number of aryl methyl sites for hydroxylation is 1. The van der Waals surface area contributed by atoms with Crippen molar-refractivity contribution in [1.82, 2.24) is 5.16 Å². The van der Waals surface area contributed by atoms with E-state index in [2.05, 4.69) is 46.9 Å². The van der Waals surface area contributed by atoms with Crippen LogP contribution in [-0.4, -0.2) is 18.5 Å². The van der Waals surface area contributed by atoms with Gasteiger partial charge in [0.1, 0.15) is 17.7 Å². The number of benzene rings is 2. The molecule has 0 fully saturated rings. The molecule has 0 saturated carbocycles. The fourth-order valence-electron chi connectivity index (χ4n) is 3.99. The highest BCUT2D eigenvalue weighted by molar-refractivity contribution is 5.78. The molecule has 0 saturated heterocycles. The summed E-state index contributed by atoms with van der Waals surface area (Å²) >= 11 is 0. The molecular weight excluding hydrogens is 324 g/mol. The summed E-state index contributed by atoms with van der Waals surface area (Å²) in [5.74, 6) is 0.767. The molecule has 132 valence electrons. The first-order valence-corrected chi connectivity index (χ1v) is 9.05. The number of carbonyl (C=O) groups is 1. The highest BCUT2D eigenvalue weighted by Crippen LogP contribution is 2.36. The van der Waals surface area contributed by atoms with Gasteiger partial charge >= 0.3 is 0 Å². The lowest BCUT2D eigenvalue weighted by Gasteiger charge is -2.13. The Morgan fingerprint density at radius 3 is 2.54 bits per heavy atom. The molecular formula is C22H22N2O2. The van der Waals surface area contributed by atoms with Gasteiger partial charge in [-0.05, 0) is 54.0 Å². The molecule has 4 heteroatoms. The minimum absolute atomic E-state index is 0.513. The van der Waals surface area contributed by atoms with E-state index in [9.17, 15) is 4.79 Å². The number of fused-ring (bicyclic) bond motifs is 1. The van der Waals surface area contributed by atoms with Crippen molar-refractivity contribution in [3.8, 4) is 22.5 Å². The van der Waals surface area contributed by atoms with Gasteiger partial charge in [-0.2, -0.15) is 0 Å². The van der Waals surface area contributed by atoms with Crippen molar-refractivity contribution in [2.45, 2.75) is 32.6 Å². The van der Waals surface area contributed by atoms with Crippen molar-refractivity contribution in [2.75, 3.05) is 12.4 Å². The number of hydrogen-bond donors (Lipinski definition) is 1. The van der Waals surface area contributed by atoms with Gasteiger partial charge in [-0.15, -0.1) is 0 Å². The fourth-order valence-corrected chi connectivity index (χ4v) is 3.99. The summed E-state index contributed by atoms with van der Waals surface area (Å²) in [7, 11) is 1.88. The van der Waals surface area contributed by atoms with Crippen LogP contribution in [0.4, 0.5) is 5.69 Å². The summed E-state index contributed by atoms with van der Waals surface area (Å²) in [4.78, 5) is 10.9. The summed E-state index contributed by atoms with van der Waals surface area (Å²) in [6.45, 7) is 1.93. The van der Waals surface area contributed by atoms with Crippen molar-refractivity contribution < 1.29 is 9.32 Å². The van der Waals surface area contributed by atoms with Crippen LogP contribution >= 0.6 is 0 Å². The number of nitrogens with zero attached hydrogens (tertiary/aromatic N) is 1. The van der Waals surface area contributed by atoms with Crippen LogP contribution < -0.4 is 5.32 Å². The summed E-state index contributed by atoms with van der Waals surface area (Å²) in [5.41, 5.74) is 9.24. The van der Waals surface area contributed by atoms with Crippen LogP contribution in [0.25, 0.3) is 22.5 Å². The third kappa shape index (κ3) is 2.71. The van der Waals surface area contributed by atoms with E-state index in [-0.39, 0.29) is 0 Å². The van der Waals surface area contributed by atoms with E-state index in [0.717, 1.165) is 41.8 Å². The van der Waals surface area contributed by atoms with Crippen molar-refractivity contribution in [3.05, 3.63) is 58.8 Å². The molecule has 0 amide bonds. The Morgan fingerprint density at radius 2 is 1.81 bits per heavy atom. The minimum atomic E-state index is 0.513. The summed E-state index contributed by atoms with van der Waals surface area (Å²) < 4.78 is 5.49. The molecule has 26 heavy (non-hydrogen) atoms. The molecule has 0 atom stereocenters. The highest BCUT2D eigenvalue weighted by atomic mass is 16.5. The van der Waals surface area contributed by atoms with Crippen LogP contribution in [0.3, 0.4) is 0 Å². The Balaban J connectivity index is 1.72. The predicted octanol–water partition coefficient (Wildman–Crippen LogP) is 4.59. The average Bonchev–Trinajstić information content (AvgIpc) is 3.29. The average molecular weight is 346 g/mol. The number of rotatable bonds is 5. The Bertz CT molecular complexity index is 955. The van der Waals surface area contributed by atoms with Crippen molar-refractivity contribution in [3.63, 3.8) is 0 Å². The van der Waals surface area contributed by atoms with Gasteiger partial charge in [-0.3, -0.25) is 0 Å². The van der Waals surface area contributed by atoms with Crippen molar-refractivity contribution >= 4 is 12.0 Å². The van der Waals surface area contributed by atoms with Gasteiger partial charge < -0.3 is 14.6 Å². The summed E-state index contributed by atoms with van der Waals surface area (Å²) in [5, 5.41) is 7.21. The van der Waals surface area contributed by atoms with Crippen LogP contribution in [0, 0.1) is 6.92 Å². The van der Waals surface area contributed by atoms with Crippen LogP contribution in [0.1, 0.15) is 28.8 Å². The van der Waals surface area contributed by atoms with Gasteiger partial charge in [0, 0.05) is 19.0 Å². The van der Waals surface area contributed by atoms with Crippen LogP contribution in [0.5, 0.6) is 0 Å². The molecule has 3 aromatic rings. The summed E-state index contributed by atoms with van der Waals surface area (Å²) in [6.07, 6.45) is 4.84. The van der Waals surface area contributed by atoms with Gasteiger partial charge in [-0.25, -0.2) is 0 Å². The maximum absolute atomic E-state index is 10.9. The molecule has 0 aliphatic heterocycles. The van der Waals surface area contributed by atoms with Crippen LogP contribution in [-0.2, 0) is 24.1 Å². The highest BCUT2D eigenvalue weighted by Gasteiger charge is 2.19. The maximum atomic E-state index is 10.9. The largest absolute Gasteiger partial charge is 0.383 e. The Hall–Kier alpha value is -2.88. The third-order valence-electron chi connectivity index (χ3n) is 5.26. The van der Waals surface area contributed by atoms with Gasteiger partial charge in [0.2, 0.25) is 0 Å². The lowest BCUT2D eigenvalue weighted by molar-refractivity contribution is -0.107. The second kappa shape index (κ2) is 6.79. The van der Waals surface area contributed by atoms with E-state index in [1.165, 1.54) is 34.2 Å². The Morgan fingerprint density at radius 1 is 1.08 bits per heavy atom.